The van der Waals surface area contributed by atoms with Gasteiger partial charge in [-0.3, -0.25) is 0 Å². The fourth-order valence-electron chi connectivity index (χ4n) is 8.35. The number of rotatable bonds is 2. The molecule has 2 heterocycles. The van der Waals surface area contributed by atoms with Gasteiger partial charge < -0.3 is 4.40 Å². The highest BCUT2D eigenvalue weighted by Crippen LogP contribution is 2.57. The summed E-state index contributed by atoms with van der Waals surface area (Å²) in [4.78, 5) is 0. The molecule has 1 aliphatic rings. The van der Waals surface area contributed by atoms with Crippen molar-refractivity contribution in [3.05, 3.63) is 173 Å². The summed E-state index contributed by atoms with van der Waals surface area (Å²) in [6, 6.07) is 54.6. The molecule has 0 unspecified atom stereocenters. The predicted molar refractivity (Wildman–Crippen MR) is 181 cm³/mol. The van der Waals surface area contributed by atoms with Gasteiger partial charge in [-0.1, -0.05) is 127 Å². The van der Waals surface area contributed by atoms with Gasteiger partial charge in [-0.25, -0.2) is 0 Å². The van der Waals surface area contributed by atoms with Gasteiger partial charge in [0, 0.05) is 21.5 Å². The lowest BCUT2D eigenvalue weighted by Gasteiger charge is -2.34. The molecule has 200 valence electrons. The summed E-state index contributed by atoms with van der Waals surface area (Å²) in [5.41, 5.74) is 12.7. The Morgan fingerprint density at radius 1 is 0.465 bits per heavy atom. The number of hydrogen-bond donors (Lipinski definition) is 0. The molecular weight excluding hydrogens is 518 g/mol. The molecule has 0 saturated heterocycles. The second-order valence-corrected chi connectivity index (χ2v) is 12.2. The summed E-state index contributed by atoms with van der Waals surface area (Å²) >= 11 is 0. The molecule has 9 aromatic rings. The van der Waals surface area contributed by atoms with Crippen LogP contribution in [0.1, 0.15) is 27.8 Å². The highest BCUT2D eigenvalue weighted by molar-refractivity contribution is 6.29. The van der Waals surface area contributed by atoms with E-state index in [9.17, 15) is 0 Å². The summed E-state index contributed by atoms with van der Waals surface area (Å²) in [6.07, 6.45) is 0. The molecule has 0 amide bonds. The van der Waals surface area contributed by atoms with Crippen LogP contribution in [0.3, 0.4) is 0 Å². The van der Waals surface area contributed by atoms with E-state index in [-0.39, 0.29) is 0 Å². The second kappa shape index (κ2) is 8.12. The van der Waals surface area contributed by atoms with Gasteiger partial charge in [0.1, 0.15) is 0 Å². The summed E-state index contributed by atoms with van der Waals surface area (Å²) in [6.45, 7) is 2.22. The maximum absolute atomic E-state index is 2.53. The zero-order chi connectivity index (χ0) is 28.3. The van der Waals surface area contributed by atoms with Gasteiger partial charge in [0.15, 0.2) is 0 Å². The number of nitrogens with zero attached hydrogens (tertiary/aromatic N) is 1. The van der Waals surface area contributed by atoms with Crippen LogP contribution >= 0.6 is 0 Å². The lowest BCUT2D eigenvalue weighted by molar-refractivity contribution is 0.768. The topological polar surface area (TPSA) is 4.41 Å². The van der Waals surface area contributed by atoms with E-state index in [0.29, 0.717) is 0 Å². The summed E-state index contributed by atoms with van der Waals surface area (Å²) in [5, 5.41) is 7.91. The number of aromatic nitrogens is 1. The van der Waals surface area contributed by atoms with Gasteiger partial charge in [0.2, 0.25) is 0 Å². The van der Waals surface area contributed by atoms with Crippen molar-refractivity contribution in [3.63, 3.8) is 0 Å². The van der Waals surface area contributed by atoms with Gasteiger partial charge in [-0.15, -0.1) is 0 Å². The summed E-state index contributed by atoms with van der Waals surface area (Å²) < 4.78 is 2.49. The zero-order valence-electron chi connectivity index (χ0n) is 23.8. The van der Waals surface area contributed by atoms with Crippen LogP contribution in [-0.2, 0) is 5.41 Å². The van der Waals surface area contributed by atoms with Gasteiger partial charge in [-0.05, 0) is 75.3 Å². The van der Waals surface area contributed by atoms with Crippen molar-refractivity contribution in [3.8, 4) is 11.1 Å². The van der Waals surface area contributed by atoms with E-state index in [4.69, 9.17) is 0 Å². The number of para-hydroxylation sites is 2. The minimum absolute atomic E-state index is 0.414. The molecule has 43 heavy (non-hydrogen) atoms. The minimum atomic E-state index is -0.414. The third-order valence-electron chi connectivity index (χ3n) is 10.0. The Labute approximate surface area is 249 Å². The van der Waals surface area contributed by atoms with Gasteiger partial charge >= 0.3 is 0 Å². The highest BCUT2D eigenvalue weighted by atomic mass is 14.9. The smallest absolute Gasteiger partial charge is 0.0713 e. The Kier molecular flexibility index (Phi) is 4.38. The van der Waals surface area contributed by atoms with Crippen molar-refractivity contribution in [2.24, 2.45) is 0 Å². The first-order valence-corrected chi connectivity index (χ1v) is 15.1. The first-order valence-electron chi connectivity index (χ1n) is 15.1. The van der Waals surface area contributed by atoms with Crippen molar-refractivity contribution >= 4 is 48.9 Å². The first kappa shape index (κ1) is 23.2. The molecule has 1 aliphatic carbocycles. The molecule has 0 saturated carbocycles. The quantitative estimate of drug-likeness (QED) is 0.203. The summed E-state index contributed by atoms with van der Waals surface area (Å²) in [5.74, 6) is 0. The molecule has 10 rings (SSSR count). The third kappa shape index (κ3) is 2.78. The van der Waals surface area contributed by atoms with E-state index >= 15 is 0 Å². The average molecular weight is 546 g/mol. The normalized spacial score (nSPS) is 13.9. The van der Waals surface area contributed by atoms with E-state index in [1.165, 1.54) is 87.8 Å². The molecule has 0 radical (unpaired) electrons. The second-order valence-electron chi connectivity index (χ2n) is 12.2. The van der Waals surface area contributed by atoms with E-state index in [2.05, 4.69) is 157 Å². The molecule has 2 aromatic heterocycles. The number of benzene rings is 7. The lowest BCUT2D eigenvalue weighted by atomic mass is 9.67. The van der Waals surface area contributed by atoms with Crippen molar-refractivity contribution in [2.45, 2.75) is 12.3 Å². The van der Waals surface area contributed by atoms with Crippen molar-refractivity contribution < 1.29 is 0 Å². The highest BCUT2D eigenvalue weighted by Gasteiger charge is 2.46. The van der Waals surface area contributed by atoms with Crippen molar-refractivity contribution in [1.29, 1.82) is 0 Å². The molecule has 0 aliphatic heterocycles. The van der Waals surface area contributed by atoms with Crippen molar-refractivity contribution in [1.82, 2.24) is 4.40 Å². The monoisotopic (exact) mass is 545 g/mol. The molecule has 1 heteroatoms. The molecule has 0 N–H and O–H groups in total. The minimum Gasteiger partial charge on any atom is -0.308 e. The largest absolute Gasteiger partial charge is 0.308 e. The summed E-state index contributed by atoms with van der Waals surface area (Å²) in [7, 11) is 0. The third-order valence-corrected chi connectivity index (χ3v) is 10.0. The molecular formula is C42H27N. The van der Waals surface area contributed by atoms with Crippen LogP contribution in [0.25, 0.3) is 60.0 Å². The Morgan fingerprint density at radius 3 is 1.93 bits per heavy atom. The van der Waals surface area contributed by atoms with Crippen LogP contribution in [-0.4, -0.2) is 4.40 Å². The number of fused-ring (bicyclic) bond motifs is 11. The Hall–Kier alpha value is -5.40. The fraction of sp³-hybridized carbons (Fsp3) is 0.0476. The van der Waals surface area contributed by atoms with Crippen LogP contribution in [0, 0.1) is 6.92 Å². The molecule has 0 bridgehead atoms. The van der Waals surface area contributed by atoms with E-state index in [1.807, 2.05) is 0 Å². The van der Waals surface area contributed by atoms with Crippen LogP contribution in [0.5, 0.6) is 0 Å². The SMILES string of the molecule is Cc1ccc2c(c1)C(c1ccccc1)(c1ccccc1)c1cc3c(ccc4c3c3cccc5c6ccccc6n4c53)cc1-2. The van der Waals surface area contributed by atoms with Gasteiger partial charge in [0.05, 0.1) is 22.0 Å². The number of aryl methyl sites for hydroxylation is 1. The van der Waals surface area contributed by atoms with Crippen LogP contribution < -0.4 is 0 Å². The number of hydrogen-bond acceptors (Lipinski definition) is 0. The Bertz CT molecular complexity index is 2510. The lowest BCUT2D eigenvalue weighted by Crippen LogP contribution is -2.28. The molecule has 0 atom stereocenters. The Balaban J connectivity index is 1.42. The van der Waals surface area contributed by atoms with E-state index in [0.717, 1.165) is 0 Å². The first-order chi connectivity index (χ1) is 21.2. The average Bonchev–Trinajstić information content (AvgIpc) is 3.68. The van der Waals surface area contributed by atoms with Crippen LogP contribution in [0.2, 0.25) is 0 Å². The van der Waals surface area contributed by atoms with Crippen LogP contribution in [0.15, 0.2) is 146 Å². The fourth-order valence-corrected chi connectivity index (χ4v) is 8.35. The van der Waals surface area contributed by atoms with Crippen molar-refractivity contribution in [2.75, 3.05) is 0 Å². The van der Waals surface area contributed by atoms with Gasteiger partial charge in [0.25, 0.3) is 0 Å². The maximum atomic E-state index is 2.53. The molecule has 7 aromatic carbocycles. The van der Waals surface area contributed by atoms with E-state index < -0.39 is 5.41 Å². The van der Waals surface area contributed by atoms with Crippen LogP contribution in [0.4, 0.5) is 0 Å². The maximum Gasteiger partial charge on any atom is 0.0713 e. The van der Waals surface area contributed by atoms with Gasteiger partial charge in [-0.2, -0.15) is 0 Å². The van der Waals surface area contributed by atoms with E-state index in [1.54, 1.807) is 0 Å². The molecule has 0 fully saturated rings. The standard InChI is InChI=1S/C42H27N/c1-26-19-21-30-35-24-27-20-22-39-40(33-17-10-16-32-31-15-8-9-18-38(31)43(39)41(32)33)34(27)25-37(35)42(36(30)23-26,28-11-4-2-5-12-28)29-13-6-3-7-14-29/h2-25H,1H3. The predicted octanol–water partition coefficient (Wildman–Crippen LogP) is 10.7. The zero-order valence-corrected chi connectivity index (χ0v) is 23.8. The Morgan fingerprint density at radius 2 is 1.14 bits per heavy atom. The molecule has 0 spiro atoms. The molecule has 1 nitrogen and oxygen atoms in total.